The Bertz CT molecular complexity index is 647. The molecule has 0 spiro atoms. The second kappa shape index (κ2) is 6.38. The number of amidine groups is 1. The predicted octanol–water partition coefficient (Wildman–Crippen LogP) is 3.26. The van der Waals surface area contributed by atoms with Crippen LogP contribution in [0, 0.1) is 5.82 Å². The quantitative estimate of drug-likeness (QED) is 0.389. The van der Waals surface area contributed by atoms with E-state index in [1.165, 1.54) is 12.1 Å². The van der Waals surface area contributed by atoms with E-state index in [2.05, 4.69) is 21.1 Å². The lowest BCUT2D eigenvalue weighted by atomic mass is 10.2. The maximum absolute atomic E-state index is 13.8. The van der Waals surface area contributed by atoms with E-state index in [1.54, 1.807) is 0 Å². The Labute approximate surface area is 123 Å². The molecule has 0 unspecified atom stereocenters. The lowest BCUT2D eigenvalue weighted by Crippen LogP contribution is -2.13. The van der Waals surface area contributed by atoms with Gasteiger partial charge >= 0.3 is 0 Å². The Balaban J connectivity index is 2.11. The first-order valence-corrected chi connectivity index (χ1v) is 6.54. The summed E-state index contributed by atoms with van der Waals surface area (Å²) in [7, 11) is 0. The minimum atomic E-state index is -0.566. The van der Waals surface area contributed by atoms with Gasteiger partial charge in [-0.1, -0.05) is 33.2 Å². The van der Waals surface area contributed by atoms with E-state index < -0.39 is 5.82 Å². The zero-order valence-electron chi connectivity index (χ0n) is 10.4. The van der Waals surface area contributed by atoms with Crippen LogP contribution in [-0.2, 0) is 6.61 Å². The third-order valence-corrected chi connectivity index (χ3v) is 3.11. The van der Waals surface area contributed by atoms with Gasteiger partial charge in [0.2, 0.25) is 0 Å². The average molecular weight is 339 g/mol. The van der Waals surface area contributed by atoms with Crippen LogP contribution < -0.4 is 10.5 Å². The lowest BCUT2D eigenvalue weighted by molar-refractivity contribution is 0.290. The molecule has 0 saturated heterocycles. The van der Waals surface area contributed by atoms with Gasteiger partial charge in [-0.3, -0.25) is 0 Å². The molecule has 3 N–H and O–H groups in total. The largest absolute Gasteiger partial charge is 0.486 e. The number of nitrogens with zero attached hydrogens (tertiary/aromatic N) is 1. The molecule has 0 aliphatic carbocycles. The van der Waals surface area contributed by atoms with Gasteiger partial charge < -0.3 is 15.7 Å². The normalized spacial score (nSPS) is 11.4. The van der Waals surface area contributed by atoms with Crippen LogP contribution in [0.3, 0.4) is 0 Å². The number of nitrogens with two attached hydrogens (primary N) is 1. The summed E-state index contributed by atoms with van der Waals surface area (Å²) in [5.74, 6) is -0.606. The number of ether oxygens (including phenoxy) is 1. The van der Waals surface area contributed by atoms with Crippen LogP contribution in [0.2, 0.25) is 0 Å². The number of halogens is 2. The second-order valence-electron chi connectivity index (χ2n) is 4.05. The van der Waals surface area contributed by atoms with E-state index in [-0.39, 0.29) is 18.2 Å². The fraction of sp³-hybridized carbons (Fsp3) is 0.0714. The van der Waals surface area contributed by atoms with Crippen LogP contribution in [0.1, 0.15) is 11.1 Å². The van der Waals surface area contributed by atoms with Crippen molar-refractivity contribution in [3.8, 4) is 5.75 Å². The van der Waals surface area contributed by atoms with E-state index >= 15 is 0 Å². The number of benzene rings is 2. The molecule has 104 valence electrons. The highest BCUT2D eigenvalue weighted by Gasteiger charge is 2.07. The third kappa shape index (κ3) is 3.48. The summed E-state index contributed by atoms with van der Waals surface area (Å²) in [6.45, 7) is 0.249. The van der Waals surface area contributed by atoms with Crippen molar-refractivity contribution >= 4 is 21.8 Å². The molecule has 0 aromatic heterocycles. The first kappa shape index (κ1) is 14.3. The molecule has 2 aromatic carbocycles. The monoisotopic (exact) mass is 338 g/mol. The smallest absolute Gasteiger partial charge is 0.170 e. The Kier molecular flexibility index (Phi) is 4.57. The van der Waals surface area contributed by atoms with Gasteiger partial charge in [0.25, 0.3) is 0 Å². The molecule has 6 heteroatoms. The molecule has 0 heterocycles. The van der Waals surface area contributed by atoms with Crippen molar-refractivity contribution in [1.82, 2.24) is 0 Å². The molecule has 0 saturated carbocycles. The number of hydrogen-bond acceptors (Lipinski definition) is 3. The summed E-state index contributed by atoms with van der Waals surface area (Å²) in [5, 5.41) is 11.3. The predicted molar refractivity (Wildman–Crippen MR) is 77.4 cm³/mol. The second-order valence-corrected chi connectivity index (χ2v) is 4.96. The molecule has 20 heavy (non-hydrogen) atoms. The average Bonchev–Trinajstić information content (AvgIpc) is 2.45. The minimum absolute atomic E-state index is 0.111. The molecule has 0 amide bonds. The maximum atomic E-state index is 13.8. The van der Waals surface area contributed by atoms with Crippen molar-refractivity contribution in [3.63, 3.8) is 0 Å². The van der Waals surface area contributed by atoms with Gasteiger partial charge in [-0.05, 0) is 35.9 Å². The van der Waals surface area contributed by atoms with E-state index in [4.69, 9.17) is 15.7 Å². The molecular formula is C14H12BrFN2O2. The highest BCUT2D eigenvalue weighted by atomic mass is 79.9. The summed E-state index contributed by atoms with van der Waals surface area (Å²) in [4.78, 5) is 0. The Morgan fingerprint density at radius 1 is 1.30 bits per heavy atom. The summed E-state index contributed by atoms with van der Waals surface area (Å²) >= 11 is 3.36. The van der Waals surface area contributed by atoms with Gasteiger partial charge in [-0.15, -0.1) is 0 Å². The SMILES string of the molecule is N/C(=N/O)c1ccc(OCc2cccc(Br)c2)c(F)c1. The molecule has 4 nitrogen and oxygen atoms in total. The summed E-state index contributed by atoms with van der Waals surface area (Å²) < 4.78 is 20.1. The molecule has 0 fully saturated rings. The van der Waals surface area contributed by atoms with Gasteiger partial charge in [0.15, 0.2) is 17.4 Å². The molecular weight excluding hydrogens is 327 g/mol. The third-order valence-electron chi connectivity index (χ3n) is 2.62. The minimum Gasteiger partial charge on any atom is -0.486 e. The van der Waals surface area contributed by atoms with E-state index in [1.807, 2.05) is 24.3 Å². The highest BCUT2D eigenvalue weighted by molar-refractivity contribution is 9.10. The van der Waals surface area contributed by atoms with Gasteiger partial charge in [0.1, 0.15) is 6.61 Å². The van der Waals surface area contributed by atoms with Gasteiger partial charge in [0, 0.05) is 10.0 Å². The maximum Gasteiger partial charge on any atom is 0.170 e. The number of oxime groups is 1. The summed E-state index contributed by atoms with van der Waals surface area (Å²) in [6.07, 6.45) is 0. The molecule has 0 bridgehead atoms. The number of rotatable bonds is 4. The van der Waals surface area contributed by atoms with Crippen LogP contribution >= 0.6 is 15.9 Å². The fourth-order valence-electron chi connectivity index (χ4n) is 1.62. The fourth-order valence-corrected chi connectivity index (χ4v) is 2.07. The van der Waals surface area contributed by atoms with E-state index in [9.17, 15) is 4.39 Å². The zero-order valence-corrected chi connectivity index (χ0v) is 12.0. The summed E-state index contributed by atoms with van der Waals surface area (Å²) in [6, 6.07) is 11.7. The van der Waals surface area contributed by atoms with Crippen molar-refractivity contribution < 1.29 is 14.3 Å². The van der Waals surface area contributed by atoms with Crippen molar-refractivity contribution in [2.24, 2.45) is 10.9 Å². The van der Waals surface area contributed by atoms with E-state index in [0.29, 0.717) is 5.56 Å². The first-order valence-electron chi connectivity index (χ1n) is 5.75. The van der Waals surface area contributed by atoms with Crippen LogP contribution in [0.4, 0.5) is 4.39 Å². The molecule has 2 aromatic rings. The van der Waals surface area contributed by atoms with Crippen LogP contribution in [-0.4, -0.2) is 11.0 Å². The molecule has 0 atom stereocenters. The van der Waals surface area contributed by atoms with Crippen LogP contribution in [0.15, 0.2) is 52.1 Å². The van der Waals surface area contributed by atoms with E-state index in [0.717, 1.165) is 16.1 Å². The first-order chi connectivity index (χ1) is 9.60. The van der Waals surface area contributed by atoms with Crippen molar-refractivity contribution in [1.29, 1.82) is 0 Å². The zero-order chi connectivity index (χ0) is 14.5. The van der Waals surface area contributed by atoms with Crippen LogP contribution in [0.5, 0.6) is 5.75 Å². The molecule has 0 aliphatic heterocycles. The topological polar surface area (TPSA) is 67.8 Å². The van der Waals surface area contributed by atoms with Crippen molar-refractivity contribution in [3.05, 3.63) is 63.9 Å². The summed E-state index contributed by atoms with van der Waals surface area (Å²) in [5.41, 5.74) is 6.59. The Morgan fingerprint density at radius 3 is 2.75 bits per heavy atom. The van der Waals surface area contributed by atoms with Crippen LogP contribution in [0.25, 0.3) is 0 Å². The van der Waals surface area contributed by atoms with Gasteiger partial charge in [-0.25, -0.2) is 4.39 Å². The number of hydrogen-bond donors (Lipinski definition) is 2. The molecule has 0 radical (unpaired) electrons. The Morgan fingerprint density at radius 2 is 2.10 bits per heavy atom. The van der Waals surface area contributed by atoms with Gasteiger partial charge in [0.05, 0.1) is 0 Å². The van der Waals surface area contributed by atoms with Crippen molar-refractivity contribution in [2.75, 3.05) is 0 Å². The molecule has 0 aliphatic rings. The molecule has 2 rings (SSSR count). The lowest BCUT2D eigenvalue weighted by Gasteiger charge is -2.08. The van der Waals surface area contributed by atoms with Gasteiger partial charge in [-0.2, -0.15) is 0 Å². The van der Waals surface area contributed by atoms with Crippen molar-refractivity contribution in [2.45, 2.75) is 6.61 Å². The Hall–Kier alpha value is -2.08. The standard InChI is InChI=1S/C14H12BrFN2O2/c15-11-3-1-2-9(6-11)8-20-13-5-4-10(7-12(13)16)14(17)18-19/h1-7,19H,8H2,(H2,17,18). The highest BCUT2D eigenvalue weighted by Crippen LogP contribution is 2.20.